The third-order valence-corrected chi connectivity index (χ3v) is 3.79. The largest absolute Gasteiger partial charge is 0.481 e. The predicted octanol–water partition coefficient (Wildman–Crippen LogP) is 3.16. The van der Waals surface area contributed by atoms with E-state index in [1.165, 1.54) is 24.9 Å². The molecule has 22 heavy (non-hydrogen) atoms. The molecular formula is C18H22N2O2. The lowest BCUT2D eigenvalue weighted by Gasteiger charge is -2.18. The van der Waals surface area contributed by atoms with Crippen molar-refractivity contribution in [1.82, 2.24) is 9.88 Å². The van der Waals surface area contributed by atoms with E-state index in [2.05, 4.69) is 23.0 Å². The first-order valence-corrected chi connectivity index (χ1v) is 7.52. The molecule has 4 nitrogen and oxygen atoms in total. The summed E-state index contributed by atoms with van der Waals surface area (Å²) in [6, 6.07) is 13.9. The fourth-order valence-electron chi connectivity index (χ4n) is 2.67. The van der Waals surface area contributed by atoms with Crippen LogP contribution in [-0.2, 0) is 11.2 Å². The lowest BCUT2D eigenvalue weighted by atomic mass is 10.1. The number of aromatic nitrogens is 1. The number of carboxylic acids is 1. The minimum Gasteiger partial charge on any atom is -0.481 e. The van der Waals surface area contributed by atoms with Gasteiger partial charge in [0, 0.05) is 18.4 Å². The van der Waals surface area contributed by atoms with Crippen molar-refractivity contribution in [1.29, 1.82) is 0 Å². The fraction of sp³-hybridized carbons (Fsp3) is 0.333. The predicted molar refractivity (Wildman–Crippen MR) is 86.6 cm³/mol. The molecule has 1 N–H and O–H groups in total. The van der Waals surface area contributed by atoms with Crippen LogP contribution in [-0.4, -0.2) is 34.6 Å². The number of aliphatic carboxylic acids is 1. The van der Waals surface area contributed by atoms with Crippen LogP contribution < -0.4 is 0 Å². The van der Waals surface area contributed by atoms with Crippen LogP contribution in [0.4, 0.5) is 0 Å². The molecule has 1 atom stereocenters. The summed E-state index contributed by atoms with van der Waals surface area (Å²) in [5, 5.41) is 8.37. The lowest BCUT2D eigenvalue weighted by Crippen LogP contribution is -2.17. The third-order valence-electron chi connectivity index (χ3n) is 3.79. The number of carboxylic acid groups (broad SMARTS) is 1. The van der Waals surface area contributed by atoms with Gasteiger partial charge in [0.2, 0.25) is 0 Å². The summed E-state index contributed by atoms with van der Waals surface area (Å²) in [6.07, 6.45) is 6.52. The molecule has 0 radical (unpaired) electrons. The van der Waals surface area contributed by atoms with Crippen molar-refractivity contribution in [3.63, 3.8) is 0 Å². The first-order chi connectivity index (χ1) is 10.7. The van der Waals surface area contributed by atoms with Crippen LogP contribution in [0.1, 0.15) is 30.0 Å². The Morgan fingerprint density at radius 3 is 2.59 bits per heavy atom. The summed E-state index contributed by atoms with van der Waals surface area (Å²) in [6.45, 7) is 1.22. The number of rotatable bonds is 3. The molecule has 1 aliphatic heterocycles. The molecule has 2 heterocycles. The molecule has 1 aromatic heterocycles. The van der Waals surface area contributed by atoms with Gasteiger partial charge < -0.3 is 5.11 Å². The molecule has 3 rings (SSSR count). The number of carbonyl (C=O) groups is 1. The zero-order chi connectivity index (χ0) is 15.8. The molecule has 0 spiro atoms. The highest BCUT2D eigenvalue weighted by Gasteiger charge is 2.21. The summed E-state index contributed by atoms with van der Waals surface area (Å²) in [5.41, 5.74) is 2.20. The second-order valence-corrected chi connectivity index (χ2v) is 5.48. The van der Waals surface area contributed by atoms with E-state index < -0.39 is 5.97 Å². The monoisotopic (exact) mass is 298 g/mol. The summed E-state index contributed by atoms with van der Waals surface area (Å²) in [4.78, 5) is 16.7. The first-order valence-electron chi connectivity index (χ1n) is 7.52. The fourth-order valence-corrected chi connectivity index (χ4v) is 2.67. The van der Waals surface area contributed by atoms with Crippen LogP contribution in [0.25, 0.3) is 0 Å². The van der Waals surface area contributed by atoms with Crippen molar-refractivity contribution in [2.45, 2.75) is 25.3 Å². The Morgan fingerprint density at radius 2 is 2.05 bits per heavy atom. The summed E-state index contributed by atoms with van der Waals surface area (Å²) in [7, 11) is 2.19. The van der Waals surface area contributed by atoms with Crippen molar-refractivity contribution in [3.05, 3.63) is 66.0 Å². The zero-order valence-corrected chi connectivity index (χ0v) is 12.9. The summed E-state index contributed by atoms with van der Waals surface area (Å²) < 4.78 is 0. The van der Waals surface area contributed by atoms with E-state index in [-0.39, 0.29) is 6.42 Å². The van der Waals surface area contributed by atoms with Crippen LogP contribution in [0.5, 0.6) is 0 Å². The highest BCUT2D eigenvalue weighted by Crippen LogP contribution is 2.29. The van der Waals surface area contributed by atoms with Gasteiger partial charge in [-0.15, -0.1) is 0 Å². The van der Waals surface area contributed by atoms with Crippen molar-refractivity contribution in [3.8, 4) is 0 Å². The summed E-state index contributed by atoms with van der Waals surface area (Å²) >= 11 is 0. The molecule has 1 aliphatic rings. The molecule has 4 heteroatoms. The normalized spacial score (nSPS) is 17.6. The van der Waals surface area contributed by atoms with Gasteiger partial charge in [0.15, 0.2) is 0 Å². The number of benzene rings is 1. The van der Waals surface area contributed by atoms with Crippen molar-refractivity contribution < 1.29 is 9.90 Å². The van der Waals surface area contributed by atoms with Crippen LogP contribution in [0.15, 0.2) is 54.9 Å². The minimum atomic E-state index is -0.786. The molecule has 1 aromatic carbocycles. The van der Waals surface area contributed by atoms with Crippen molar-refractivity contribution in [2.75, 3.05) is 13.6 Å². The zero-order valence-electron chi connectivity index (χ0n) is 12.9. The van der Waals surface area contributed by atoms with E-state index in [1.54, 1.807) is 12.1 Å². The number of likely N-dealkylation sites (tertiary alicyclic amines) is 1. The van der Waals surface area contributed by atoms with Gasteiger partial charge in [-0.2, -0.15) is 0 Å². The average Bonchev–Trinajstić information content (AvgIpc) is 2.95. The van der Waals surface area contributed by atoms with E-state index in [9.17, 15) is 4.79 Å². The first kappa shape index (κ1) is 16.2. The van der Waals surface area contributed by atoms with Crippen molar-refractivity contribution in [2.24, 2.45) is 0 Å². The lowest BCUT2D eigenvalue weighted by molar-refractivity contribution is -0.136. The molecule has 116 valence electrons. The van der Waals surface area contributed by atoms with Gasteiger partial charge in [0.25, 0.3) is 0 Å². The van der Waals surface area contributed by atoms with Gasteiger partial charge in [0.1, 0.15) is 0 Å². The SMILES string of the molecule is CN1CCCC1c1cccnc1.O=C(O)Cc1ccccc1. The number of pyridine rings is 1. The molecule has 0 saturated carbocycles. The second kappa shape index (κ2) is 8.29. The minimum absolute atomic E-state index is 0.112. The number of hydrogen-bond acceptors (Lipinski definition) is 3. The van der Waals surface area contributed by atoms with Gasteiger partial charge in [0.05, 0.1) is 6.42 Å². The number of nitrogens with zero attached hydrogens (tertiary/aromatic N) is 2. The molecule has 2 aromatic rings. The van der Waals surface area contributed by atoms with E-state index in [1.807, 2.05) is 36.7 Å². The molecule has 0 amide bonds. The van der Waals surface area contributed by atoms with E-state index in [0.29, 0.717) is 6.04 Å². The van der Waals surface area contributed by atoms with Gasteiger partial charge >= 0.3 is 5.97 Å². The highest BCUT2D eigenvalue weighted by atomic mass is 16.4. The smallest absolute Gasteiger partial charge is 0.307 e. The quantitative estimate of drug-likeness (QED) is 0.945. The van der Waals surface area contributed by atoms with Crippen LogP contribution >= 0.6 is 0 Å². The maximum Gasteiger partial charge on any atom is 0.307 e. The van der Waals surface area contributed by atoms with E-state index in [4.69, 9.17) is 5.11 Å². The van der Waals surface area contributed by atoms with Crippen molar-refractivity contribution >= 4 is 5.97 Å². The van der Waals surface area contributed by atoms with E-state index >= 15 is 0 Å². The molecule has 0 bridgehead atoms. The molecule has 1 saturated heterocycles. The van der Waals surface area contributed by atoms with Crippen LogP contribution in [0, 0.1) is 0 Å². The van der Waals surface area contributed by atoms with Gasteiger partial charge in [-0.05, 0) is 43.6 Å². The standard InChI is InChI=1S/C10H14N2.C8H8O2/c1-12-7-3-5-10(12)9-4-2-6-11-8-9;9-8(10)6-7-4-2-1-3-5-7/h2,4,6,8,10H,3,5,7H2,1H3;1-5H,6H2,(H,9,10). The van der Waals surface area contributed by atoms with Gasteiger partial charge in [-0.1, -0.05) is 36.4 Å². The summed E-state index contributed by atoms with van der Waals surface area (Å²) in [5.74, 6) is -0.786. The third kappa shape index (κ3) is 4.97. The maximum atomic E-state index is 10.2. The Kier molecular flexibility index (Phi) is 6.10. The molecule has 1 unspecified atom stereocenters. The Hall–Kier alpha value is -2.20. The molecule has 0 aliphatic carbocycles. The van der Waals surface area contributed by atoms with Crippen LogP contribution in [0.2, 0.25) is 0 Å². The topological polar surface area (TPSA) is 53.4 Å². The Balaban J connectivity index is 0.000000164. The second-order valence-electron chi connectivity index (χ2n) is 5.48. The molecule has 1 fully saturated rings. The Bertz CT molecular complexity index is 572. The van der Waals surface area contributed by atoms with E-state index in [0.717, 1.165) is 5.56 Å². The molecular weight excluding hydrogens is 276 g/mol. The van der Waals surface area contributed by atoms with Gasteiger partial charge in [-0.25, -0.2) is 0 Å². The average molecular weight is 298 g/mol. The van der Waals surface area contributed by atoms with Gasteiger partial charge in [-0.3, -0.25) is 14.7 Å². The maximum absolute atomic E-state index is 10.2. The Morgan fingerprint density at radius 1 is 1.27 bits per heavy atom. The Labute approximate surface area is 131 Å². The highest BCUT2D eigenvalue weighted by molar-refractivity contribution is 5.70. The number of hydrogen-bond donors (Lipinski definition) is 1. The van der Waals surface area contributed by atoms with Crippen LogP contribution in [0.3, 0.4) is 0 Å².